The summed E-state index contributed by atoms with van der Waals surface area (Å²) in [6.45, 7) is 9.67. The molecule has 0 atom stereocenters. The van der Waals surface area contributed by atoms with E-state index in [2.05, 4.69) is 26.7 Å². The molecule has 1 fully saturated rings. The third-order valence-corrected chi connectivity index (χ3v) is 3.31. The molecular weight excluding hydrogens is 214 g/mol. The van der Waals surface area contributed by atoms with Crippen molar-refractivity contribution >= 4 is 11.6 Å². The Balaban J connectivity index is 2.03. The van der Waals surface area contributed by atoms with E-state index in [0.717, 1.165) is 37.6 Å². The Morgan fingerprint density at radius 2 is 1.94 bits per heavy atom. The van der Waals surface area contributed by atoms with E-state index in [1.165, 1.54) is 13.0 Å². The highest BCUT2D eigenvalue weighted by atomic mass is 15.3. The van der Waals surface area contributed by atoms with Gasteiger partial charge in [0.05, 0.1) is 0 Å². The molecule has 0 radical (unpaired) electrons. The molecule has 1 aromatic heterocycles. The number of anilines is 2. The molecule has 1 saturated heterocycles. The lowest BCUT2D eigenvalue weighted by Crippen LogP contribution is -2.47. The van der Waals surface area contributed by atoms with Gasteiger partial charge in [-0.1, -0.05) is 6.92 Å². The van der Waals surface area contributed by atoms with Crippen LogP contribution in [0.15, 0.2) is 6.33 Å². The average Bonchev–Trinajstić information content (AvgIpc) is 2.34. The summed E-state index contributed by atoms with van der Waals surface area (Å²) in [4.78, 5) is 13.2. The van der Waals surface area contributed by atoms with Crippen LogP contribution in [0.5, 0.6) is 0 Å². The van der Waals surface area contributed by atoms with Gasteiger partial charge in [-0.3, -0.25) is 4.90 Å². The average molecular weight is 235 g/mol. The standard InChI is InChI=1S/C12H21N5/c1-3-4-16-5-7-17(8-6-16)12-10(2)11(13)14-9-15-12/h9H,3-8H2,1-2H3,(H2,13,14,15). The van der Waals surface area contributed by atoms with E-state index in [-0.39, 0.29) is 0 Å². The summed E-state index contributed by atoms with van der Waals surface area (Å²) in [6.07, 6.45) is 2.77. The molecule has 2 heterocycles. The topological polar surface area (TPSA) is 58.3 Å². The Morgan fingerprint density at radius 3 is 2.59 bits per heavy atom. The first-order valence-electron chi connectivity index (χ1n) is 6.26. The van der Waals surface area contributed by atoms with Crippen LogP contribution >= 0.6 is 0 Å². The summed E-state index contributed by atoms with van der Waals surface area (Å²) >= 11 is 0. The molecule has 2 N–H and O–H groups in total. The smallest absolute Gasteiger partial charge is 0.137 e. The summed E-state index contributed by atoms with van der Waals surface area (Å²) in [5.41, 5.74) is 6.81. The second kappa shape index (κ2) is 5.31. The normalized spacial score (nSPS) is 17.4. The van der Waals surface area contributed by atoms with Crippen LogP contribution in [-0.2, 0) is 0 Å². The highest BCUT2D eigenvalue weighted by molar-refractivity contribution is 5.55. The maximum atomic E-state index is 5.81. The zero-order valence-electron chi connectivity index (χ0n) is 10.7. The Labute approximate surface area is 103 Å². The maximum absolute atomic E-state index is 5.81. The number of nitrogen functional groups attached to an aromatic ring is 1. The van der Waals surface area contributed by atoms with E-state index in [1.54, 1.807) is 6.33 Å². The first-order valence-corrected chi connectivity index (χ1v) is 6.26. The fourth-order valence-corrected chi connectivity index (χ4v) is 2.27. The van der Waals surface area contributed by atoms with Crippen molar-refractivity contribution in [2.75, 3.05) is 43.4 Å². The highest BCUT2D eigenvalue weighted by Crippen LogP contribution is 2.21. The van der Waals surface area contributed by atoms with E-state index in [4.69, 9.17) is 5.73 Å². The van der Waals surface area contributed by atoms with Crippen LogP contribution in [0, 0.1) is 6.92 Å². The molecule has 5 heteroatoms. The second-order valence-electron chi connectivity index (χ2n) is 4.54. The number of hydrogen-bond acceptors (Lipinski definition) is 5. The van der Waals surface area contributed by atoms with Crippen molar-refractivity contribution in [1.29, 1.82) is 0 Å². The fourth-order valence-electron chi connectivity index (χ4n) is 2.27. The first kappa shape index (κ1) is 12.1. The predicted molar refractivity (Wildman–Crippen MR) is 70.1 cm³/mol. The number of nitrogens with zero attached hydrogens (tertiary/aromatic N) is 4. The van der Waals surface area contributed by atoms with Crippen molar-refractivity contribution in [1.82, 2.24) is 14.9 Å². The van der Waals surface area contributed by atoms with Gasteiger partial charge in [-0.05, 0) is 19.9 Å². The molecule has 0 unspecified atom stereocenters. The van der Waals surface area contributed by atoms with Crippen LogP contribution in [0.2, 0.25) is 0 Å². The minimum atomic E-state index is 0.589. The van der Waals surface area contributed by atoms with Crippen molar-refractivity contribution in [3.05, 3.63) is 11.9 Å². The first-order chi connectivity index (χ1) is 8.22. The van der Waals surface area contributed by atoms with Crippen LogP contribution in [0.25, 0.3) is 0 Å². The van der Waals surface area contributed by atoms with Gasteiger partial charge < -0.3 is 10.6 Å². The van der Waals surface area contributed by atoms with E-state index in [0.29, 0.717) is 5.82 Å². The largest absolute Gasteiger partial charge is 0.383 e. The van der Waals surface area contributed by atoms with Crippen LogP contribution < -0.4 is 10.6 Å². The van der Waals surface area contributed by atoms with Gasteiger partial charge in [-0.25, -0.2) is 9.97 Å². The molecule has 1 aliphatic heterocycles. The lowest BCUT2D eigenvalue weighted by Gasteiger charge is -2.35. The Morgan fingerprint density at radius 1 is 1.24 bits per heavy atom. The number of aromatic nitrogens is 2. The van der Waals surface area contributed by atoms with E-state index in [1.807, 2.05) is 6.92 Å². The van der Waals surface area contributed by atoms with Crippen molar-refractivity contribution in [3.8, 4) is 0 Å². The minimum absolute atomic E-state index is 0.589. The molecule has 2 rings (SSSR count). The Hall–Kier alpha value is -1.36. The zero-order chi connectivity index (χ0) is 12.3. The van der Waals surface area contributed by atoms with Crippen LogP contribution in [0.3, 0.4) is 0 Å². The number of nitrogens with two attached hydrogens (primary N) is 1. The summed E-state index contributed by atoms with van der Waals surface area (Å²) < 4.78 is 0. The van der Waals surface area contributed by atoms with E-state index in [9.17, 15) is 0 Å². The summed E-state index contributed by atoms with van der Waals surface area (Å²) in [5.74, 6) is 1.58. The quantitative estimate of drug-likeness (QED) is 0.843. The molecule has 5 nitrogen and oxygen atoms in total. The maximum Gasteiger partial charge on any atom is 0.137 e. The molecule has 0 spiro atoms. The van der Waals surface area contributed by atoms with Gasteiger partial charge in [-0.2, -0.15) is 0 Å². The van der Waals surface area contributed by atoms with Crippen LogP contribution in [0.1, 0.15) is 18.9 Å². The molecule has 0 aliphatic carbocycles. The van der Waals surface area contributed by atoms with Gasteiger partial charge >= 0.3 is 0 Å². The highest BCUT2D eigenvalue weighted by Gasteiger charge is 2.19. The molecule has 0 saturated carbocycles. The number of piperazine rings is 1. The summed E-state index contributed by atoms with van der Waals surface area (Å²) in [5, 5.41) is 0. The third-order valence-electron chi connectivity index (χ3n) is 3.31. The van der Waals surface area contributed by atoms with Gasteiger partial charge in [0.2, 0.25) is 0 Å². The van der Waals surface area contributed by atoms with E-state index >= 15 is 0 Å². The van der Waals surface area contributed by atoms with Gasteiger partial charge in [0.15, 0.2) is 0 Å². The zero-order valence-corrected chi connectivity index (χ0v) is 10.7. The van der Waals surface area contributed by atoms with Crippen molar-refractivity contribution in [2.45, 2.75) is 20.3 Å². The molecule has 94 valence electrons. The molecule has 0 aromatic carbocycles. The van der Waals surface area contributed by atoms with Gasteiger partial charge in [-0.15, -0.1) is 0 Å². The molecule has 0 amide bonds. The summed E-state index contributed by atoms with van der Waals surface area (Å²) in [6, 6.07) is 0. The van der Waals surface area contributed by atoms with E-state index < -0.39 is 0 Å². The fraction of sp³-hybridized carbons (Fsp3) is 0.667. The second-order valence-corrected chi connectivity index (χ2v) is 4.54. The third kappa shape index (κ3) is 2.66. The van der Waals surface area contributed by atoms with Gasteiger partial charge in [0.25, 0.3) is 0 Å². The predicted octanol–water partition coefficient (Wildman–Crippen LogP) is 0.899. The molecule has 1 aromatic rings. The van der Waals surface area contributed by atoms with Crippen molar-refractivity contribution < 1.29 is 0 Å². The Kier molecular flexibility index (Phi) is 3.78. The lowest BCUT2D eigenvalue weighted by molar-refractivity contribution is 0.258. The lowest BCUT2D eigenvalue weighted by atomic mass is 10.2. The number of rotatable bonds is 3. The molecule has 17 heavy (non-hydrogen) atoms. The van der Waals surface area contributed by atoms with Crippen molar-refractivity contribution in [3.63, 3.8) is 0 Å². The van der Waals surface area contributed by atoms with Gasteiger partial charge in [0.1, 0.15) is 18.0 Å². The SMILES string of the molecule is CCCN1CCN(c2ncnc(N)c2C)CC1. The molecule has 0 bridgehead atoms. The molecule has 1 aliphatic rings. The van der Waals surface area contributed by atoms with Crippen LogP contribution in [0.4, 0.5) is 11.6 Å². The minimum Gasteiger partial charge on any atom is -0.383 e. The monoisotopic (exact) mass is 235 g/mol. The summed E-state index contributed by atoms with van der Waals surface area (Å²) in [7, 11) is 0. The van der Waals surface area contributed by atoms with Crippen LogP contribution in [-0.4, -0.2) is 47.6 Å². The van der Waals surface area contributed by atoms with Gasteiger partial charge in [0, 0.05) is 31.7 Å². The van der Waals surface area contributed by atoms with Crippen molar-refractivity contribution in [2.24, 2.45) is 0 Å². The molecular formula is C12H21N5. The Bertz CT molecular complexity index is 371. The number of hydrogen-bond donors (Lipinski definition) is 1.